The fraction of sp³-hybridized carbons (Fsp3) is 0.385. The van der Waals surface area contributed by atoms with Crippen LogP contribution in [-0.4, -0.2) is 25.0 Å². The van der Waals surface area contributed by atoms with Crippen LogP contribution in [0.4, 0.5) is 10.1 Å². The number of carbonyl (C=O) groups excluding carboxylic acids is 1. The quantitative estimate of drug-likeness (QED) is 0.848. The summed E-state index contributed by atoms with van der Waals surface area (Å²) in [5.74, 6) is -0.289. The van der Waals surface area contributed by atoms with Crippen LogP contribution in [0.25, 0.3) is 0 Å². The first-order chi connectivity index (χ1) is 8.90. The number of nitrogens with zero attached hydrogens (tertiary/aromatic N) is 1. The molecule has 1 aliphatic heterocycles. The van der Waals surface area contributed by atoms with E-state index in [1.54, 1.807) is 13.0 Å². The predicted molar refractivity (Wildman–Crippen MR) is 70.5 cm³/mol. The molecule has 0 aliphatic carbocycles. The molecule has 1 aliphatic rings. The number of ether oxygens (including phenoxy) is 1. The molecule has 1 amide bonds. The number of halogens is 1. The molecule has 1 heterocycles. The lowest BCUT2D eigenvalue weighted by Gasteiger charge is -2.30. The molecule has 0 bridgehead atoms. The molecule has 0 unspecified atom stereocenters. The van der Waals surface area contributed by atoms with E-state index in [-0.39, 0.29) is 19.1 Å². The highest BCUT2D eigenvalue weighted by atomic mass is 19.1. The summed E-state index contributed by atoms with van der Waals surface area (Å²) in [5, 5.41) is 2.61. The molecule has 1 aromatic carbocycles. The van der Waals surface area contributed by atoms with Crippen molar-refractivity contribution >= 4 is 17.4 Å². The Bertz CT molecular complexity index is 545. The molecule has 0 radical (unpaired) electrons. The molecule has 0 spiro atoms. The lowest BCUT2D eigenvalue weighted by Crippen LogP contribution is -2.38. The Hall–Kier alpha value is -1.95. The predicted octanol–water partition coefficient (Wildman–Crippen LogP) is 1.39. The number of carbonyl (C=O) groups is 1. The highest BCUT2D eigenvalue weighted by Crippen LogP contribution is 2.32. The van der Waals surface area contributed by atoms with E-state index >= 15 is 0 Å². The lowest BCUT2D eigenvalue weighted by molar-refractivity contribution is -0.114. The van der Waals surface area contributed by atoms with Gasteiger partial charge in [-0.05, 0) is 25.1 Å². The van der Waals surface area contributed by atoms with Crippen LogP contribution >= 0.6 is 0 Å². The average Bonchev–Trinajstić information content (AvgIpc) is 2.30. The molecule has 1 atom stereocenters. The molecule has 2 rings (SSSR count). The van der Waals surface area contributed by atoms with Crippen LogP contribution in [0.1, 0.15) is 19.4 Å². The highest BCUT2D eigenvalue weighted by Gasteiger charge is 2.32. The van der Waals surface area contributed by atoms with Gasteiger partial charge in [0, 0.05) is 18.2 Å². The zero-order chi connectivity index (χ0) is 14.0. The number of hydrogen-bond donors (Lipinski definition) is 2. The molecule has 102 valence electrons. The second-order valence-electron chi connectivity index (χ2n) is 4.75. The number of hydrogen-bond acceptors (Lipinski definition) is 4. The van der Waals surface area contributed by atoms with Crippen molar-refractivity contribution < 1.29 is 13.9 Å². The van der Waals surface area contributed by atoms with Crippen molar-refractivity contribution in [2.24, 2.45) is 10.7 Å². The van der Waals surface area contributed by atoms with Crippen molar-refractivity contribution in [2.45, 2.75) is 19.4 Å². The summed E-state index contributed by atoms with van der Waals surface area (Å²) < 4.78 is 19.3. The summed E-state index contributed by atoms with van der Waals surface area (Å²) in [5.41, 5.74) is 5.64. The van der Waals surface area contributed by atoms with Gasteiger partial charge in [0.25, 0.3) is 0 Å². The number of amidine groups is 1. The van der Waals surface area contributed by atoms with Gasteiger partial charge in [0.05, 0.1) is 6.61 Å². The lowest BCUT2D eigenvalue weighted by atomic mass is 9.92. The third-order valence-electron chi connectivity index (χ3n) is 2.89. The van der Waals surface area contributed by atoms with Crippen LogP contribution in [0.15, 0.2) is 23.2 Å². The largest absolute Gasteiger partial charge is 0.386 e. The van der Waals surface area contributed by atoms with Gasteiger partial charge in [-0.2, -0.15) is 0 Å². The highest BCUT2D eigenvalue weighted by molar-refractivity contribution is 5.88. The minimum Gasteiger partial charge on any atom is -0.386 e. The van der Waals surface area contributed by atoms with Crippen molar-refractivity contribution in [3.05, 3.63) is 29.6 Å². The number of anilines is 1. The molecule has 19 heavy (non-hydrogen) atoms. The van der Waals surface area contributed by atoms with Crippen LogP contribution in [0.5, 0.6) is 0 Å². The third kappa shape index (κ3) is 2.90. The zero-order valence-corrected chi connectivity index (χ0v) is 10.9. The maximum atomic E-state index is 14.0. The van der Waals surface area contributed by atoms with E-state index in [2.05, 4.69) is 10.3 Å². The van der Waals surface area contributed by atoms with Gasteiger partial charge in [0.2, 0.25) is 5.91 Å². The molecule has 0 fully saturated rings. The van der Waals surface area contributed by atoms with Crippen molar-refractivity contribution in [3.8, 4) is 0 Å². The van der Waals surface area contributed by atoms with Crippen molar-refractivity contribution in [3.63, 3.8) is 0 Å². The molecule has 0 saturated heterocycles. The maximum Gasteiger partial charge on any atom is 0.221 e. The molecule has 6 heteroatoms. The number of benzene rings is 1. The molecule has 0 aromatic heterocycles. The normalized spacial score (nSPS) is 22.8. The van der Waals surface area contributed by atoms with Crippen molar-refractivity contribution in [2.75, 3.05) is 18.5 Å². The van der Waals surface area contributed by atoms with Gasteiger partial charge in [0.15, 0.2) is 0 Å². The maximum absolute atomic E-state index is 14.0. The zero-order valence-electron chi connectivity index (χ0n) is 10.9. The third-order valence-corrected chi connectivity index (χ3v) is 2.89. The second-order valence-corrected chi connectivity index (χ2v) is 4.75. The topological polar surface area (TPSA) is 76.7 Å². The summed E-state index contributed by atoms with van der Waals surface area (Å²) in [7, 11) is 0. The van der Waals surface area contributed by atoms with E-state index in [1.165, 1.54) is 19.1 Å². The number of nitrogens with one attached hydrogen (secondary N) is 1. The van der Waals surface area contributed by atoms with Gasteiger partial charge in [-0.3, -0.25) is 9.79 Å². The van der Waals surface area contributed by atoms with Gasteiger partial charge in [-0.15, -0.1) is 0 Å². The Kier molecular flexibility index (Phi) is 3.53. The summed E-state index contributed by atoms with van der Waals surface area (Å²) in [6.45, 7) is 3.64. The average molecular weight is 265 g/mol. The van der Waals surface area contributed by atoms with E-state index in [1.807, 2.05) is 0 Å². The van der Waals surface area contributed by atoms with Crippen molar-refractivity contribution in [1.82, 2.24) is 0 Å². The van der Waals surface area contributed by atoms with E-state index in [4.69, 9.17) is 10.5 Å². The molecule has 0 saturated carbocycles. The van der Waals surface area contributed by atoms with E-state index < -0.39 is 11.4 Å². The first-order valence-corrected chi connectivity index (χ1v) is 5.90. The minimum absolute atomic E-state index is 0.217. The van der Waals surface area contributed by atoms with Crippen molar-refractivity contribution in [1.29, 1.82) is 0 Å². The molecule has 1 aromatic rings. The Labute approximate surface area is 110 Å². The van der Waals surface area contributed by atoms with Gasteiger partial charge in [0.1, 0.15) is 23.8 Å². The van der Waals surface area contributed by atoms with Crippen LogP contribution in [-0.2, 0) is 15.1 Å². The first kappa shape index (κ1) is 13.5. The monoisotopic (exact) mass is 265 g/mol. The van der Waals surface area contributed by atoms with Gasteiger partial charge in [-0.25, -0.2) is 4.39 Å². The first-order valence-electron chi connectivity index (χ1n) is 5.90. The summed E-state index contributed by atoms with van der Waals surface area (Å²) in [6.07, 6.45) is 0. The summed E-state index contributed by atoms with van der Waals surface area (Å²) in [4.78, 5) is 15.3. The van der Waals surface area contributed by atoms with Crippen LogP contribution in [0, 0.1) is 5.82 Å². The minimum atomic E-state index is -0.874. The fourth-order valence-electron chi connectivity index (χ4n) is 2.09. The van der Waals surface area contributed by atoms with Gasteiger partial charge >= 0.3 is 0 Å². The Morgan fingerprint density at radius 2 is 2.32 bits per heavy atom. The Balaban J connectivity index is 2.43. The standard InChI is InChI=1S/C13H16FN3O2/c1-8(18)16-9-3-4-11(14)10(5-9)13(2)7-19-6-12(15)17-13/h3-5H,6-7H2,1-2H3,(H2,15,17)(H,16,18)/t13-/m0/s1. The van der Waals surface area contributed by atoms with E-state index in [9.17, 15) is 9.18 Å². The number of aliphatic imine (C=N–C) groups is 1. The van der Waals surface area contributed by atoms with Gasteiger partial charge < -0.3 is 15.8 Å². The molecule has 3 N–H and O–H groups in total. The number of rotatable bonds is 2. The van der Waals surface area contributed by atoms with E-state index in [0.29, 0.717) is 17.1 Å². The Morgan fingerprint density at radius 1 is 1.58 bits per heavy atom. The molecular weight excluding hydrogens is 249 g/mol. The summed E-state index contributed by atoms with van der Waals surface area (Å²) >= 11 is 0. The SMILES string of the molecule is CC(=O)Nc1ccc(F)c([C@]2(C)COCC(N)=N2)c1. The fourth-order valence-corrected chi connectivity index (χ4v) is 2.09. The summed E-state index contributed by atoms with van der Waals surface area (Å²) in [6, 6.07) is 4.36. The van der Waals surface area contributed by atoms with Crippen LogP contribution in [0.3, 0.4) is 0 Å². The van der Waals surface area contributed by atoms with Crippen LogP contribution < -0.4 is 11.1 Å². The molecular formula is C13H16FN3O2. The number of nitrogens with two attached hydrogens (primary N) is 1. The molecule has 5 nitrogen and oxygen atoms in total. The smallest absolute Gasteiger partial charge is 0.221 e. The van der Waals surface area contributed by atoms with Gasteiger partial charge in [-0.1, -0.05) is 0 Å². The second kappa shape index (κ2) is 4.97. The van der Waals surface area contributed by atoms with E-state index in [0.717, 1.165) is 0 Å². The van der Waals surface area contributed by atoms with Crippen LogP contribution in [0.2, 0.25) is 0 Å². The number of amides is 1. The Morgan fingerprint density at radius 3 is 2.95 bits per heavy atom.